The maximum atomic E-state index is 12.0. The van der Waals surface area contributed by atoms with Crippen molar-refractivity contribution in [2.75, 3.05) is 11.9 Å². The average molecular weight is 509 g/mol. The number of fused-ring (bicyclic) bond motifs is 1. The third-order valence-corrected chi connectivity index (χ3v) is 5.10. The Labute approximate surface area is 178 Å². The molecule has 0 atom stereocenters. The van der Waals surface area contributed by atoms with Crippen molar-refractivity contribution in [1.82, 2.24) is 10.9 Å². The van der Waals surface area contributed by atoms with E-state index in [0.29, 0.717) is 5.75 Å². The van der Waals surface area contributed by atoms with E-state index in [-0.39, 0.29) is 17.6 Å². The molecular formula is C19H15Br2N3O2S. The molecular weight excluding hydrogens is 494 g/mol. The highest BCUT2D eigenvalue weighted by atomic mass is 79.9. The van der Waals surface area contributed by atoms with E-state index in [1.807, 2.05) is 60.7 Å². The largest absolute Gasteiger partial charge is 0.483 e. The van der Waals surface area contributed by atoms with Gasteiger partial charge in [-0.25, -0.2) is 0 Å². The van der Waals surface area contributed by atoms with Crippen LogP contribution in [0.1, 0.15) is 0 Å². The first-order valence-corrected chi connectivity index (χ1v) is 9.94. The molecule has 0 radical (unpaired) electrons. The number of anilines is 1. The fourth-order valence-corrected chi connectivity index (χ4v) is 3.50. The molecule has 0 aliphatic heterocycles. The molecule has 138 valence electrons. The van der Waals surface area contributed by atoms with Crippen LogP contribution < -0.4 is 20.9 Å². The van der Waals surface area contributed by atoms with Crippen LogP contribution >= 0.6 is 44.1 Å². The van der Waals surface area contributed by atoms with Gasteiger partial charge in [0.2, 0.25) is 0 Å². The molecule has 0 bridgehead atoms. The van der Waals surface area contributed by atoms with E-state index in [4.69, 9.17) is 17.0 Å². The average Bonchev–Trinajstić information content (AvgIpc) is 2.66. The Morgan fingerprint density at radius 1 is 1.00 bits per heavy atom. The van der Waals surface area contributed by atoms with E-state index in [9.17, 15) is 4.79 Å². The second-order valence-corrected chi connectivity index (χ2v) is 7.64. The summed E-state index contributed by atoms with van der Waals surface area (Å²) in [6.07, 6.45) is 0. The summed E-state index contributed by atoms with van der Waals surface area (Å²) >= 11 is 12.1. The fourth-order valence-electron chi connectivity index (χ4n) is 2.34. The van der Waals surface area contributed by atoms with Gasteiger partial charge in [-0.1, -0.05) is 46.3 Å². The number of ether oxygens (including phenoxy) is 1. The second-order valence-electron chi connectivity index (χ2n) is 5.53. The Hall–Kier alpha value is -2.16. The topological polar surface area (TPSA) is 62.4 Å². The minimum atomic E-state index is -0.352. The first-order chi connectivity index (χ1) is 13.0. The standard InChI is InChI=1S/C19H15Br2N3O2S/c20-13-7-8-15-12(10-13)6-9-16(18(15)21)26-11-17(25)23-24-19(27)22-14-4-2-1-3-5-14/h1-10H,11H2,(H,23,25)(H2,22,24,27). The number of benzene rings is 3. The van der Waals surface area contributed by atoms with Crippen molar-refractivity contribution >= 4 is 71.6 Å². The zero-order valence-corrected chi connectivity index (χ0v) is 17.9. The van der Waals surface area contributed by atoms with E-state index in [0.717, 1.165) is 25.4 Å². The number of hydrazine groups is 1. The zero-order chi connectivity index (χ0) is 19.2. The molecule has 0 saturated carbocycles. The highest BCUT2D eigenvalue weighted by Crippen LogP contribution is 2.34. The van der Waals surface area contributed by atoms with Crippen LogP contribution in [0, 0.1) is 0 Å². The van der Waals surface area contributed by atoms with Crippen LogP contribution in [0.5, 0.6) is 5.75 Å². The van der Waals surface area contributed by atoms with E-state index in [1.165, 1.54) is 0 Å². The minimum absolute atomic E-state index is 0.151. The van der Waals surface area contributed by atoms with Crippen molar-refractivity contribution < 1.29 is 9.53 Å². The van der Waals surface area contributed by atoms with Crippen LogP contribution in [0.4, 0.5) is 5.69 Å². The van der Waals surface area contributed by atoms with Crippen molar-refractivity contribution in [2.45, 2.75) is 0 Å². The monoisotopic (exact) mass is 507 g/mol. The molecule has 3 rings (SSSR count). The van der Waals surface area contributed by atoms with Crippen LogP contribution in [-0.2, 0) is 4.79 Å². The van der Waals surface area contributed by atoms with Crippen molar-refractivity contribution in [3.63, 3.8) is 0 Å². The summed E-state index contributed by atoms with van der Waals surface area (Å²) in [5.41, 5.74) is 5.97. The van der Waals surface area contributed by atoms with Gasteiger partial charge in [-0.2, -0.15) is 0 Å². The first-order valence-electron chi connectivity index (χ1n) is 7.94. The molecule has 3 aromatic rings. The Kier molecular flexibility index (Phi) is 6.65. The molecule has 8 heteroatoms. The van der Waals surface area contributed by atoms with Gasteiger partial charge in [-0.05, 0) is 69.3 Å². The van der Waals surface area contributed by atoms with Crippen LogP contribution in [0.15, 0.2) is 69.6 Å². The minimum Gasteiger partial charge on any atom is -0.483 e. The lowest BCUT2D eigenvalue weighted by atomic mass is 10.1. The Bertz CT molecular complexity index is 983. The highest BCUT2D eigenvalue weighted by Gasteiger charge is 2.09. The Balaban J connectivity index is 1.52. The predicted octanol–water partition coefficient (Wildman–Crippen LogP) is 4.76. The summed E-state index contributed by atoms with van der Waals surface area (Å²) in [5.74, 6) is 0.236. The summed E-state index contributed by atoms with van der Waals surface area (Å²) in [4.78, 5) is 12.0. The smallest absolute Gasteiger partial charge is 0.276 e. The van der Waals surface area contributed by atoms with Crippen LogP contribution in [0.25, 0.3) is 10.8 Å². The van der Waals surface area contributed by atoms with Gasteiger partial charge < -0.3 is 10.1 Å². The normalized spacial score (nSPS) is 10.3. The molecule has 27 heavy (non-hydrogen) atoms. The van der Waals surface area contributed by atoms with Gasteiger partial charge in [-0.3, -0.25) is 15.6 Å². The number of carbonyl (C=O) groups is 1. The van der Waals surface area contributed by atoms with Crippen LogP contribution in [-0.4, -0.2) is 17.6 Å². The lowest BCUT2D eigenvalue weighted by Gasteiger charge is -2.13. The van der Waals surface area contributed by atoms with Gasteiger partial charge in [0.05, 0.1) is 4.47 Å². The predicted molar refractivity (Wildman–Crippen MR) is 119 cm³/mol. The first kappa shape index (κ1) is 19.6. The van der Waals surface area contributed by atoms with Gasteiger partial charge >= 0.3 is 0 Å². The quantitative estimate of drug-likeness (QED) is 0.350. The molecule has 0 spiro atoms. The lowest BCUT2D eigenvalue weighted by molar-refractivity contribution is -0.123. The molecule has 3 aromatic carbocycles. The number of hydrogen-bond acceptors (Lipinski definition) is 3. The molecule has 3 N–H and O–H groups in total. The fraction of sp³-hybridized carbons (Fsp3) is 0.0526. The van der Waals surface area contributed by atoms with Crippen LogP contribution in [0.2, 0.25) is 0 Å². The van der Waals surface area contributed by atoms with Crippen molar-refractivity contribution in [3.8, 4) is 5.75 Å². The lowest BCUT2D eigenvalue weighted by Crippen LogP contribution is -2.45. The van der Waals surface area contributed by atoms with E-state index in [1.54, 1.807) is 0 Å². The SMILES string of the molecule is O=C(COc1ccc2cc(Br)ccc2c1Br)NNC(=S)Nc1ccccc1. The third-order valence-electron chi connectivity index (χ3n) is 3.59. The molecule has 1 amide bonds. The molecule has 0 saturated heterocycles. The molecule has 0 heterocycles. The second kappa shape index (κ2) is 9.16. The number of para-hydroxylation sites is 1. The summed E-state index contributed by atoms with van der Waals surface area (Å²) in [5, 5.41) is 5.31. The molecule has 0 aliphatic carbocycles. The van der Waals surface area contributed by atoms with Crippen LogP contribution in [0.3, 0.4) is 0 Å². The summed E-state index contributed by atoms with van der Waals surface area (Å²) < 4.78 is 7.41. The number of halogens is 2. The molecule has 0 aromatic heterocycles. The van der Waals surface area contributed by atoms with Crippen molar-refractivity contribution in [3.05, 3.63) is 69.6 Å². The van der Waals surface area contributed by atoms with Gasteiger partial charge in [0.15, 0.2) is 11.7 Å². The highest BCUT2D eigenvalue weighted by molar-refractivity contribution is 9.11. The molecule has 0 unspecified atom stereocenters. The van der Waals surface area contributed by atoms with Gasteiger partial charge in [0.1, 0.15) is 5.75 Å². The number of amides is 1. The summed E-state index contributed by atoms with van der Waals surface area (Å²) in [7, 11) is 0. The van der Waals surface area contributed by atoms with E-state index in [2.05, 4.69) is 48.0 Å². The maximum Gasteiger partial charge on any atom is 0.276 e. The molecule has 0 aliphatic rings. The zero-order valence-electron chi connectivity index (χ0n) is 14.0. The Morgan fingerprint density at radius 2 is 1.78 bits per heavy atom. The molecule has 0 fully saturated rings. The van der Waals surface area contributed by atoms with E-state index >= 15 is 0 Å². The van der Waals surface area contributed by atoms with Crippen molar-refractivity contribution in [2.24, 2.45) is 0 Å². The summed E-state index contributed by atoms with van der Waals surface area (Å²) in [6, 6.07) is 19.1. The van der Waals surface area contributed by atoms with E-state index < -0.39 is 0 Å². The van der Waals surface area contributed by atoms with Gasteiger partial charge in [0, 0.05) is 10.2 Å². The number of rotatable bonds is 4. The third kappa shape index (κ3) is 5.41. The molecule has 5 nitrogen and oxygen atoms in total. The van der Waals surface area contributed by atoms with Gasteiger partial charge in [-0.15, -0.1) is 0 Å². The number of thiocarbonyl (C=S) groups is 1. The Morgan fingerprint density at radius 3 is 2.56 bits per heavy atom. The number of hydrogen-bond donors (Lipinski definition) is 3. The number of nitrogens with one attached hydrogen (secondary N) is 3. The number of carbonyl (C=O) groups excluding carboxylic acids is 1. The van der Waals surface area contributed by atoms with Crippen molar-refractivity contribution in [1.29, 1.82) is 0 Å². The van der Waals surface area contributed by atoms with Gasteiger partial charge in [0.25, 0.3) is 5.91 Å². The summed E-state index contributed by atoms with van der Waals surface area (Å²) in [6.45, 7) is -0.151. The maximum absolute atomic E-state index is 12.0.